The summed E-state index contributed by atoms with van der Waals surface area (Å²) in [5, 5.41) is 2.78. The van der Waals surface area contributed by atoms with E-state index in [2.05, 4.69) is 10.1 Å². The number of nitrogens with one attached hydrogen (secondary N) is 1. The van der Waals surface area contributed by atoms with Crippen LogP contribution in [0.1, 0.15) is 26.2 Å². The van der Waals surface area contributed by atoms with Gasteiger partial charge >= 0.3 is 5.97 Å². The van der Waals surface area contributed by atoms with Gasteiger partial charge in [-0.1, -0.05) is 0 Å². The van der Waals surface area contributed by atoms with E-state index < -0.39 is 12.0 Å². The highest BCUT2D eigenvalue weighted by atomic mass is 19.3. The molecule has 1 N–H and O–H groups in total. The molecule has 0 saturated carbocycles. The van der Waals surface area contributed by atoms with Crippen molar-refractivity contribution in [3.8, 4) is 0 Å². The zero-order valence-corrected chi connectivity index (χ0v) is 9.06. The van der Waals surface area contributed by atoms with E-state index in [4.69, 9.17) is 0 Å². The average Bonchev–Trinajstić information content (AvgIpc) is 2.17. The topological polar surface area (TPSA) is 38.3 Å². The molecule has 0 unspecified atom stereocenters. The Morgan fingerprint density at radius 3 is 2.80 bits per heavy atom. The minimum absolute atomic E-state index is 0.00882. The third-order valence-electron chi connectivity index (χ3n) is 2.81. The summed E-state index contributed by atoms with van der Waals surface area (Å²) in [7, 11) is 1.31. The maximum atomic E-state index is 13.0. The van der Waals surface area contributed by atoms with Crippen LogP contribution in [0.25, 0.3) is 0 Å². The number of carbonyl (C=O) groups excluding carboxylic acids is 1. The van der Waals surface area contributed by atoms with Crippen LogP contribution in [0.2, 0.25) is 0 Å². The predicted octanol–water partition coefficient (Wildman–Crippen LogP) is 1.57. The summed E-state index contributed by atoms with van der Waals surface area (Å²) < 4.78 is 30.6. The highest BCUT2D eigenvalue weighted by Gasteiger charge is 2.38. The first-order chi connectivity index (χ1) is 6.93. The smallest absolute Gasteiger partial charge is 0.305 e. The van der Waals surface area contributed by atoms with Gasteiger partial charge in [-0.15, -0.1) is 0 Å². The minimum atomic E-state index is -2.73. The molecule has 2 atom stereocenters. The van der Waals surface area contributed by atoms with E-state index in [1.165, 1.54) is 7.11 Å². The first-order valence-electron chi connectivity index (χ1n) is 5.11. The molecule has 0 aliphatic carbocycles. The lowest BCUT2D eigenvalue weighted by Crippen LogP contribution is -2.48. The Bertz CT molecular complexity index is 228. The summed E-state index contributed by atoms with van der Waals surface area (Å²) in [6.45, 7) is 1.45. The Morgan fingerprint density at radius 2 is 2.27 bits per heavy atom. The average molecular weight is 221 g/mol. The monoisotopic (exact) mass is 221 g/mol. The number of esters is 1. The van der Waals surface area contributed by atoms with Gasteiger partial charge < -0.3 is 10.1 Å². The Kier molecular flexibility index (Phi) is 4.02. The fraction of sp³-hybridized carbons (Fsp3) is 0.900. The van der Waals surface area contributed by atoms with E-state index >= 15 is 0 Å². The Labute approximate surface area is 88.2 Å². The molecule has 0 aromatic carbocycles. The lowest BCUT2D eigenvalue weighted by molar-refractivity contribution is -0.142. The van der Waals surface area contributed by atoms with Crippen LogP contribution in [0.4, 0.5) is 8.78 Å². The number of methoxy groups -OCH3 is 1. The van der Waals surface area contributed by atoms with Crippen molar-refractivity contribution in [3.63, 3.8) is 0 Å². The first-order valence-corrected chi connectivity index (χ1v) is 5.11. The summed E-state index contributed by atoms with van der Waals surface area (Å²) in [4.78, 5) is 11.0. The van der Waals surface area contributed by atoms with Crippen molar-refractivity contribution in [2.45, 2.75) is 38.2 Å². The van der Waals surface area contributed by atoms with Gasteiger partial charge in [-0.3, -0.25) is 4.79 Å². The van der Waals surface area contributed by atoms with Crippen molar-refractivity contribution < 1.29 is 18.3 Å². The van der Waals surface area contributed by atoms with Crippen LogP contribution < -0.4 is 5.32 Å². The quantitative estimate of drug-likeness (QED) is 0.735. The molecule has 0 aromatic heterocycles. The summed E-state index contributed by atoms with van der Waals surface area (Å²) >= 11 is 0. The molecule has 0 radical (unpaired) electrons. The molecular weight excluding hydrogens is 204 g/mol. The van der Waals surface area contributed by atoms with E-state index in [1.807, 2.05) is 0 Å². The molecular formula is C10H17F2NO2. The molecule has 0 aromatic rings. The van der Waals surface area contributed by atoms with Gasteiger partial charge in [-0.25, -0.2) is 8.78 Å². The van der Waals surface area contributed by atoms with Crippen LogP contribution in [0, 0.1) is 5.92 Å². The molecule has 1 aliphatic heterocycles. The molecule has 1 saturated heterocycles. The first kappa shape index (κ1) is 12.4. The number of ether oxygens (including phenoxy) is 1. The van der Waals surface area contributed by atoms with E-state index in [9.17, 15) is 13.6 Å². The number of halogens is 2. The summed E-state index contributed by atoms with van der Waals surface area (Å²) in [5.41, 5.74) is 0. The minimum Gasteiger partial charge on any atom is -0.469 e. The Morgan fingerprint density at radius 1 is 1.60 bits per heavy atom. The molecule has 0 bridgehead atoms. The molecule has 3 nitrogen and oxygen atoms in total. The lowest BCUT2D eigenvalue weighted by Gasteiger charge is -2.33. The van der Waals surface area contributed by atoms with E-state index in [0.29, 0.717) is 13.0 Å². The van der Waals surface area contributed by atoms with E-state index in [-0.39, 0.29) is 18.3 Å². The van der Waals surface area contributed by atoms with E-state index in [0.717, 1.165) is 13.3 Å². The molecule has 88 valence electrons. The Balaban J connectivity index is 2.46. The molecule has 15 heavy (non-hydrogen) atoms. The van der Waals surface area contributed by atoms with Gasteiger partial charge in [0.2, 0.25) is 0 Å². The third kappa shape index (κ3) is 3.74. The van der Waals surface area contributed by atoms with Gasteiger partial charge in [0, 0.05) is 13.3 Å². The van der Waals surface area contributed by atoms with Crippen molar-refractivity contribution in [1.82, 2.24) is 5.32 Å². The number of piperidine rings is 1. The fourth-order valence-electron chi connectivity index (χ4n) is 1.89. The fourth-order valence-corrected chi connectivity index (χ4v) is 1.89. The highest BCUT2D eigenvalue weighted by molar-refractivity contribution is 5.69. The molecule has 1 fully saturated rings. The number of hydrogen-bond acceptors (Lipinski definition) is 3. The van der Waals surface area contributed by atoms with Crippen LogP contribution in [-0.4, -0.2) is 31.6 Å². The SMILES string of the molecule is COC(=O)C[C@H]1CCN[C@@H](C(C)(F)F)C1. The summed E-state index contributed by atoms with van der Waals surface area (Å²) in [5.74, 6) is -3.04. The van der Waals surface area contributed by atoms with Crippen molar-refractivity contribution in [1.29, 1.82) is 0 Å². The highest BCUT2D eigenvalue weighted by Crippen LogP contribution is 2.29. The maximum absolute atomic E-state index is 13.0. The van der Waals surface area contributed by atoms with Gasteiger partial charge in [0.15, 0.2) is 0 Å². The molecule has 0 spiro atoms. The molecule has 1 rings (SSSR count). The van der Waals surface area contributed by atoms with E-state index in [1.54, 1.807) is 0 Å². The number of rotatable bonds is 3. The summed E-state index contributed by atoms with van der Waals surface area (Å²) in [6, 6.07) is -0.819. The predicted molar refractivity (Wildman–Crippen MR) is 51.8 cm³/mol. The lowest BCUT2D eigenvalue weighted by atomic mass is 9.87. The third-order valence-corrected chi connectivity index (χ3v) is 2.81. The maximum Gasteiger partial charge on any atom is 0.305 e. The standard InChI is InChI=1S/C10H17F2NO2/c1-10(11,12)8-5-7(3-4-13-8)6-9(14)15-2/h7-8,13H,3-6H2,1-2H3/t7-,8+/m0/s1. The van der Waals surface area contributed by atoms with Crippen molar-refractivity contribution >= 4 is 5.97 Å². The van der Waals surface area contributed by atoms with Crippen LogP contribution in [0.3, 0.4) is 0 Å². The second-order valence-electron chi connectivity index (χ2n) is 4.13. The van der Waals surface area contributed by atoms with Crippen LogP contribution in [0.5, 0.6) is 0 Å². The zero-order valence-electron chi connectivity index (χ0n) is 9.06. The second-order valence-corrected chi connectivity index (χ2v) is 4.13. The van der Waals surface area contributed by atoms with Gasteiger partial charge in [0.05, 0.1) is 13.2 Å². The zero-order chi connectivity index (χ0) is 11.5. The van der Waals surface area contributed by atoms with Crippen molar-refractivity contribution in [3.05, 3.63) is 0 Å². The van der Waals surface area contributed by atoms with Gasteiger partial charge in [0.25, 0.3) is 5.92 Å². The second kappa shape index (κ2) is 4.88. The molecule has 5 heteroatoms. The largest absolute Gasteiger partial charge is 0.469 e. The van der Waals surface area contributed by atoms with Gasteiger partial charge in [0.1, 0.15) is 0 Å². The van der Waals surface area contributed by atoms with Gasteiger partial charge in [-0.2, -0.15) is 0 Å². The van der Waals surface area contributed by atoms with Crippen LogP contribution in [-0.2, 0) is 9.53 Å². The normalized spacial score (nSPS) is 27.5. The van der Waals surface area contributed by atoms with Gasteiger partial charge in [-0.05, 0) is 25.3 Å². The number of hydrogen-bond donors (Lipinski definition) is 1. The number of alkyl halides is 2. The summed E-state index contributed by atoms with van der Waals surface area (Å²) in [6.07, 6.45) is 1.32. The van der Waals surface area contributed by atoms with Crippen molar-refractivity contribution in [2.24, 2.45) is 5.92 Å². The van der Waals surface area contributed by atoms with Crippen molar-refractivity contribution in [2.75, 3.05) is 13.7 Å². The van der Waals surface area contributed by atoms with Crippen LogP contribution in [0.15, 0.2) is 0 Å². The molecule has 0 amide bonds. The molecule has 1 aliphatic rings. The molecule has 1 heterocycles. The van der Waals surface area contributed by atoms with Crippen LogP contribution >= 0.6 is 0 Å². The number of carbonyl (C=O) groups is 1. The Hall–Kier alpha value is -0.710.